The molecule has 0 aliphatic heterocycles. The second-order valence-electron chi connectivity index (χ2n) is 6.47. The first kappa shape index (κ1) is 19.5. The van der Waals surface area contributed by atoms with Crippen molar-refractivity contribution in [1.82, 2.24) is 25.4 Å². The van der Waals surface area contributed by atoms with Crippen LogP contribution in [0.1, 0.15) is 5.82 Å². The first-order valence-electron chi connectivity index (χ1n) is 9.31. The summed E-state index contributed by atoms with van der Waals surface area (Å²) in [5, 5.41) is 19.5. The van der Waals surface area contributed by atoms with Crippen LogP contribution in [0.3, 0.4) is 0 Å². The van der Waals surface area contributed by atoms with Gasteiger partial charge in [0, 0.05) is 5.56 Å². The predicted octanol–water partition coefficient (Wildman–Crippen LogP) is 4.57. The molecule has 0 radical (unpaired) electrons. The van der Waals surface area contributed by atoms with Gasteiger partial charge in [0.05, 0.1) is 4.88 Å². The number of aromatic nitrogens is 5. The highest BCUT2D eigenvalue weighted by atomic mass is 32.2. The van der Waals surface area contributed by atoms with Crippen LogP contribution in [0.4, 0.5) is 0 Å². The van der Waals surface area contributed by atoms with Gasteiger partial charge in [-0.1, -0.05) is 48.2 Å². The van der Waals surface area contributed by atoms with Crippen LogP contribution in [0.2, 0.25) is 0 Å². The lowest BCUT2D eigenvalue weighted by Gasteiger charge is -2.00. The summed E-state index contributed by atoms with van der Waals surface area (Å²) in [6, 6.07) is 17.8. The van der Waals surface area contributed by atoms with Gasteiger partial charge >= 0.3 is 5.97 Å². The summed E-state index contributed by atoms with van der Waals surface area (Å²) < 4.78 is 10.9. The number of ether oxygens (including phenoxy) is 1. The quantitative estimate of drug-likeness (QED) is 0.284. The molecule has 3 heterocycles. The van der Waals surface area contributed by atoms with Gasteiger partial charge in [-0.2, -0.15) is 5.10 Å². The Morgan fingerprint density at radius 2 is 2.00 bits per heavy atom. The van der Waals surface area contributed by atoms with E-state index in [2.05, 4.69) is 25.4 Å². The van der Waals surface area contributed by atoms with Crippen molar-refractivity contribution in [1.29, 1.82) is 0 Å². The lowest BCUT2D eigenvalue weighted by Crippen LogP contribution is -2.08. The van der Waals surface area contributed by atoms with Crippen LogP contribution in [0.25, 0.3) is 32.9 Å². The van der Waals surface area contributed by atoms with Crippen molar-refractivity contribution >= 4 is 39.8 Å². The van der Waals surface area contributed by atoms with Crippen molar-refractivity contribution in [2.75, 3.05) is 5.75 Å². The Balaban J connectivity index is 1.15. The number of carbonyl (C=O) groups excluding carboxylic acids is 1. The minimum Gasteiger partial charge on any atom is -0.457 e. The van der Waals surface area contributed by atoms with Gasteiger partial charge in [-0.25, -0.2) is 4.98 Å². The number of aromatic amines is 1. The van der Waals surface area contributed by atoms with Gasteiger partial charge in [0.1, 0.15) is 5.75 Å². The summed E-state index contributed by atoms with van der Waals surface area (Å²) in [6.45, 7) is 0.0178. The molecule has 1 N–H and O–H groups in total. The number of hydrogen-bond donors (Lipinski definition) is 1. The van der Waals surface area contributed by atoms with Gasteiger partial charge in [0.2, 0.25) is 5.89 Å². The molecule has 0 aliphatic carbocycles. The number of carbonyl (C=O) groups is 1. The fourth-order valence-corrected chi connectivity index (χ4v) is 4.11. The Morgan fingerprint density at radius 3 is 2.87 bits per heavy atom. The van der Waals surface area contributed by atoms with Crippen LogP contribution >= 0.6 is 23.1 Å². The molecule has 0 fully saturated rings. The molecule has 0 spiro atoms. The van der Waals surface area contributed by atoms with E-state index in [0.29, 0.717) is 22.8 Å². The topological polar surface area (TPSA) is 107 Å². The standard InChI is InChI=1S/C21H15N5O3S2/c27-18(28-11-17-22-19(24-23-17)16-6-3-9-30-16)12-31-21-26-25-20(29-21)15-8-7-13-4-1-2-5-14(13)10-15/h1-10H,11-12H2,(H,22,23,24). The number of esters is 1. The molecule has 0 bridgehead atoms. The van der Waals surface area contributed by atoms with E-state index in [4.69, 9.17) is 9.15 Å². The maximum Gasteiger partial charge on any atom is 0.316 e. The third kappa shape index (κ3) is 4.49. The largest absolute Gasteiger partial charge is 0.457 e. The van der Waals surface area contributed by atoms with Crippen LogP contribution in [0.5, 0.6) is 0 Å². The highest BCUT2D eigenvalue weighted by Crippen LogP contribution is 2.26. The second kappa shape index (κ2) is 8.70. The van der Waals surface area contributed by atoms with Crippen molar-refractivity contribution in [3.05, 3.63) is 65.8 Å². The molecule has 0 aliphatic rings. The van der Waals surface area contributed by atoms with Crippen molar-refractivity contribution in [2.45, 2.75) is 11.8 Å². The van der Waals surface area contributed by atoms with E-state index in [1.54, 1.807) is 11.3 Å². The van der Waals surface area contributed by atoms with Crippen LogP contribution in [-0.4, -0.2) is 37.1 Å². The van der Waals surface area contributed by atoms with Crippen molar-refractivity contribution in [2.24, 2.45) is 0 Å². The number of H-pyrrole nitrogens is 1. The zero-order valence-electron chi connectivity index (χ0n) is 16.0. The van der Waals surface area contributed by atoms with E-state index in [0.717, 1.165) is 33.0 Å². The molecule has 31 heavy (non-hydrogen) atoms. The number of nitrogens with one attached hydrogen (secondary N) is 1. The number of thioether (sulfide) groups is 1. The maximum atomic E-state index is 12.1. The Bertz CT molecular complexity index is 1330. The molecule has 0 amide bonds. The SMILES string of the molecule is O=C(CSc1nnc(-c2ccc3ccccc3c2)o1)OCc1nc(-c2cccs2)n[nH]1. The second-order valence-corrected chi connectivity index (χ2v) is 8.34. The summed E-state index contributed by atoms with van der Waals surface area (Å²) in [6.07, 6.45) is 0. The van der Waals surface area contributed by atoms with E-state index in [9.17, 15) is 4.79 Å². The fourth-order valence-electron chi connectivity index (χ4n) is 2.89. The van der Waals surface area contributed by atoms with Crippen molar-refractivity contribution in [3.63, 3.8) is 0 Å². The molecule has 5 aromatic rings. The first-order chi connectivity index (χ1) is 15.2. The molecule has 0 unspecified atom stereocenters. The highest BCUT2D eigenvalue weighted by Gasteiger charge is 2.14. The maximum absolute atomic E-state index is 12.1. The Hall–Kier alpha value is -3.50. The monoisotopic (exact) mass is 449 g/mol. The number of thiophene rings is 1. The summed E-state index contributed by atoms with van der Waals surface area (Å²) in [5.74, 6) is 1.11. The van der Waals surface area contributed by atoms with Gasteiger partial charge in [-0.15, -0.1) is 21.5 Å². The van der Waals surface area contributed by atoms with Gasteiger partial charge in [-0.05, 0) is 34.4 Å². The van der Waals surface area contributed by atoms with Gasteiger partial charge in [0.15, 0.2) is 18.3 Å². The van der Waals surface area contributed by atoms with Gasteiger partial charge in [-0.3, -0.25) is 9.89 Å². The summed E-state index contributed by atoms with van der Waals surface area (Å²) in [4.78, 5) is 17.3. The third-order valence-electron chi connectivity index (χ3n) is 4.36. The fraction of sp³-hybridized carbons (Fsp3) is 0.0952. The normalized spacial score (nSPS) is 11.1. The van der Waals surface area contributed by atoms with E-state index < -0.39 is 5.97 Å². The molecule has 5 rings (SSSR count). The summed E-state index contributed by atoms with van der Waals surface area (Å²) >= 11 is 2.67. The van der Waals surface area contributed by atoms with Gasteiger partial charge < -0.3 is 9.15 Å². The van der Waals surface area contributed by atoms with Crippen LogP contribution in [0, 0.1) is 0 Å². The van der Waals surface area contributed by atoms with Crippen LogP contribution < -0.4 is 0 Å². The lowest BCUT2D eigenvalue weighted by atomic mass is 10.1. The zero-order valence-corrected chi connectivity index (χ0v) is 17.7. The number of benzene rings is 2. The summed E-state index contributed by atoms with van der Waals surface area (Å²) in [7, 11) is 0. The van der Waals surface area contributed by atoms with E-state index in [1.165, 1.54) is 0 Å². The molecule has 2 aromatic carbocycles. The molecular weight excluding hydrogens is 434 g/mol. The van der Waals surface area contributed by atoms with Crippen LogP contribution in [-0.2, 0) is 16.1 Å². The predicted molar refractivity (Wildman–Crippen MR) is 117 cm³/mol. The zero-order chi connectivity index (χ0) is 21.0. The lowest BCUT2D eigenvalue weighted by molar-refractivity contribution is -0.141. The molecular formula is C21H15N5O3S2. The number of hydrogen-bond acceptors (Lipinski definition) is 9. The van der Waals surface area contributed by atoms with Crippen molar-refractivity contribution in [3.8, 4) is 22.2 Å². The Labute approximate surface area is 184 Å². The average Bonchev–Trinajstić information content (AvgIpc) is 3.57. The van der Waals surface area contributed by atoms with Crippen molar-refractivity contribution < 1.29 is 13.9 Å². The Morgan fingerprint density at radius 1 is 1.10 bits per heavy atom. The minimum atomic E-state index is -0.412. The van der Waals surface area contributed by atoms with E-state index >= 15 is 0 Å². The van der Waals surface area contributed by atoms with E-state index in [1.807, 2.05) is 60.0 Å². The van der Waals surface area contributed by atoms with Gasteiger partial charge in [0.25, 0.3) is 5.22 Å². The number of fused-ring (bicyclic) bond motifs is 1. The molecule has 8 nitrogen and oxygen atoms in total. The molecule has 0 saturated carbocycles. The molecule has 0 saturated heterocycles. The number of nitrogens with zero attached hydrogens (tertiary/aromatic N) is 4. The minimum absolute atomic E-state index is 0.0178. The molecule has 10 heteroatoms. The smallest absolute Gasteiger partial charge is 0.316 e. The van der Waals surface area contributed by atoms with Crippen LogP contribution in [0.15, 0.2) is 69.6 Å². The first-order valence-corrected chi connectivity index (χ1v) is 11.2. The van der Waals surface area contributed by atoms with E-state index in [-0.39, 0.29) is 12.4 Å². The molecule has 154 valence electrons. The highest BCUT2D eigenvalue weighted by molar-refractivity contribution is 7.99. The Kier molecular flexibility index (Phi) is 5.46. The average molecular weight is 450 g/mol. The molecule has 3 aromatic heterocycles. The summed E-state index contributed by atoms with van der Waals surface area (Å²) in [5.41, 5.74) is 0.826. The number of rotatable bonds is 7. The third-order valence-corrected chi connectivity index (χ3v) is 6.02. The molecule has 0 atom stereocenters.